The Kier molecular flexibility index (Phi) is 6.60. The molecule has 1 heterocycles. The van der Waals surface area contributed by atoms with Crippen molar-refractivity contribution in [2.75, 3.05) is 11.1 Å². The minimum Gasteiger partial charge on any atom is -0.508 e. The fourth-order valence-electron chi connectivity index (χ4n) is 1.35. The molecule has 8 nitrogen and oxygen atoms in total. The SMILES string of the molecule is Nc1ccncc1Nc1ccc(O)cc1.O=C(O)C=CC(=O)O. The van der Waals surface area contributed by atoms with Crippen molar-refractivity contribution in [3.05, 3.63) is 54.9 Å². The fraction of sp³-hybridized carbons (Fsp3) is 0. The number of phenols is 1. The van der Waals surface area contributed by atoms with Crippen LogP contribution < -0.4 is 11.1 Å². The third-order valence-corrected chi connectivity index (χ3v) is 2.37. The second-order valence-electron chi connectivity index (χ2n) is 4.14. The van der Waals surface area contributed by atoms with Crippen LogP contribution in [0.5, 0.6) is 5.75 Å². The van der Waals surface area contributed by atoms with Crippen molar-refractivity contribution in [3.63, 3.8) is 0 Å². The highest BCUT2D eigenvalue weighted by molar-refractivity contribution is 5.89. The molecule has 0 fully saturated rings. The van der Waals surface area contributed by atoms with Crippen molar-refractivity contribution < 1.29 is 24.9 Å². The summed E-state index contributed by atoms with van der Waals surface area (Å²) < 4.78 is 0. The number of rotatable bonds is 4. The van der Waals surface area contributed by atoms with Crippen LogP contribution in [-0.2, 0) is 9.59 Å². The number of nitrogens with one attached hydrogen (secondary N) is 1. The lowest BCUT2D eigenvalue weighted by molar-refractivity contribution is -0.134. The van der Waals surface area contributed by atoms with Gasteiger partial charge in [-0.25, -0.2) is 9.59 Å². The number of carbonyl (C=O) groups is 2. The lowest BCUT2D eigenvalue weighted by atomic mass is 10.3. The Bertz CT molecular complexity index is 683. The van der Waals surface area contributed by atoms with Gasteiger partial charge < -0.3 is 26.4 Å². The summed E-state index contributed by atoms with van der Waals surface area (Å²) in [5.74, 6) is -2.28. The minimum absolute atomic E-state index is 0.236. The van der Waals surface area contributed by atoms with E-state index in [0.717, 1.165) is 11.4 Å². The molecule has 0 aliphatic carbocycles. The molecule has 0 amide bonds. The van der Waals surface area contributed by atoms with E-state index in [1.807, 2.05) is 0 Å². The number of carboxylic acid groups (broad SMARTS) is 2. The van der Waals surface area contributed by atoms with E-state index in [1.165, 1.54) is 0 Å². The second kappa shape index (κ2) is 8.67. The van der Waals surface area contributed by atoms with E-state index < -0.39 is 11.9 Å². The Morgan fingerprint density at radius 3 is 2.09 bits per heavy atom. The van der Waals surface area contributed by atoms with Crippen molar-refractivity contribution in [3.8, 4) is 5.75 Å². The molecule has 0 radical (unpaired) electrons. The average molecular weight is 317 g/mol. The maximum Gasteiger partial charge on any atom is 0.328 e. The van der Waals surface area contributed by atoms with Crippen molar-refractivity contribution in [1.82, 2.24) is 4.98 Å². The maximum absolute atomic E-state index is 9.55. The first-order chi connectivity index (χ1) is 10.9. The van der Waals surface area contributed by atoms with Gasteiger partial charge in [0.1, 0.15) is 5.75 Å². The summed E-state index contributed by atoms with van der Waals surface area (Å²) in [6.45, 7) is 0. The van der Waals surface area contributed by atoms with E-state index in [9.17, 15) is 9.59 Å². The molecule has 23 heavy (non-hydrogen) atoms. The largest absolute Gasteiger partial charge is 0.508 e. The first-order valence-electron chi connectivity index (χ1n) is 6.28. The summed E-state index contributed by atoms with van der Waals surface area (Å²) in [7, 11) is 0. The van der Waals surface area contributed by atoms with Crippen molar-refractivity contribution in [2.24, 2.45) is 0 Å². The van der Waals surface area contributed by atoms with Crippen LogP contribution in [0.3, 0.4) is 0 Å². The molecule has 2 rings (SSSR count). The number of pyridine rings is 1. The zero-order chi connectivity index (χ0) is 17.2. The van der Waals surface area contributed by atoms with Gasteiger partial charge in [-0.1, -0.05) is 0 Å². The number of nitrogens with zero attached hydrogens (tertiary/aromatic N) is 1. The predicted octanol–water partition coefficient (Wildman–Crippen LogP) is 1.82. The second-order valence-corrected chi connectivity index (χ2v) is 4.14. The summed E-state index contributed by atoms with van der Waals surface area (Å²) in [5, 5.41) is 27.8. The van der Waals surface area contributed by atoms with Crippen LogP contribution in [0.1, 0.15) is 0 Å². The average Bonchev–Trinajstić information content (AvgIpc) is 2.50. The molecule has 0 aliphatic rings. The van der Waals surface area contributed by atoms with Gasteiger partial charge in [-0.15, -0.1) is 0 Å². The predicted molar refractivity (Wildman–Crippen MR) is 84.5 cm³/mol. The van der Waals surface area contributed by atoms with E-state index in [0.29, 0.717) is 17.8 Å². The van der Waals surface area contributed by atoms with Crippen LogP contribution in [-0.4, -0.2) is 32.2 Å². The summed E-state index contributed by atoms with van der Waals surface area (Å²) in [6.07, 6.45) is 4.41. The number of nitrogens with two attached hydrogens (primary N) is 1. The van der Waals surface area contributed by atoms with Crippen LogP contribution in [0.15, 0.2) is 54.9 Å². The molecule has 2 aromatic rings. The van der Waals surface area contributed by atoms with E-state index >= 15 is 0 Å². The first kappa shape index (κ1) is 17.5. The zero-order valence-electron chi connectivity index (χ0n) is 11.9. The number of aromatic hydroxyl groups is 1. The molecule has 0 unspecified atom stereocenters. The smallest absolute Gasteiger partial charge is 0.328 e. The fourth-order valence-corrected chi connectivity index (χ4v) is 1.35. The number of carboxylic acids is 2. The van der Waals surface area contributed by atoms with Gasteiger partial charge in [-0.2, -0.15) is 0 Å². The summed E-state index contributed by atoms with van der Waals surface area (Å²) in [4.78, 5) is 23.1. The summed E-state index contributed by atoms with van der Waals surface area (Å²) in [6, 6.07) is 8.47. The van der Waals surface area contributed by atoms with Crippen LogP contribution in [0.25, 0.3) is 0 Å². The number of nitrogen functional groups attached to an aromatic ring is 1. The molecule has 6 N–H and O–H groups in total. The highest BCUT2D eigenvalue weighted by atomic mass is 16.4. The van der Waals surface area contributed by atoms with Gasteiger partial charge >= 0.3 is 11.9 Å². The monoisotopic (exact) mass is 317 g/mol. The lowest BCUT2D eigenvalue weighted by Crippen LogP contribution is -1.96. The molecule has 0 bridgehead atoms. The Hall–Kier alpha value is -3.55. The molecular weight excluding hydrogens is 302 g/mol. The minimum atomic E-state index is -1.26. The molecule has 0 spiro atoms. The van der Waals surface area contributed by atoms with Crippen molar-refractivity contribution >= 4 is 29.0 Å². The molecule has 120 valence electrons. The molecule has 8 heteroatoms. The number of aliphatic carboxylic acids is 2. The topological polar surface area (TPSA) is 146 Å². The third kappa shape index (κ3) is 7.14. The van der Waals surface area contributed by atoms with Crippen LogP contribution in [0.4, 0.5) is 17.1 Å². The summed E-state index contributed by atoms with van der Waals surface area (Å²) >= 11 is 0. The highest BCUT2D eigenvalue weighted by Gasteiger charge is 1.98. The Morgan fingerprint density at radius 1 is 1.04 bits per heavy atom. The van der Waals surface area contributed by atoms with Gasteiger partial charge in [0.2, 0.25) is 0 Å². The standard InChI is InChI=1S/C11H11N3O.C4H4O4/c12-10-5-6-13-7-11(10)14-8-1-3-9(15)4-2-8;5-3(6)1-2-4(7)8/h1-7,14-15H,(H2,12,13);1-2H,(H,5,6)(H,7,8). The van der Waals surface area contributed by atoms with E-state index in [-0.39, 0.29) is 5.75 Å². The van der Waals surface area contributed by atoms with Gasteiger partial charge in [-0.05, 0) is 30.3 Å². The third-order valence-electron chi connectivity index (χ3n) is 2.37. The zero-order valence-corrected chi connectivity index (χ0v) is 11.9. The van der Waals surface area contributed by atoms with Crippen LogP contribution in [0.2, 0.25) is 0 Å². The Morgan fingerprint density at radius 2 is 1.61 bits per heavy atom. The van der Waals surface area contributed by atoms with Crippen molar-refractivity contribution in [1.29, 1.82) is 0 Å². The number of anilines is 3. The van der Waals surface area contributed by atoms with Gasteiger partial charge in [-0.3, -0.25) is 4.98 Å². The van der Waals surface area contributed by atoms with Gasteiger partial charge in [0, 0.05) is 24.0 Å². The molecule has 1 aromatic carbocycles. The quantitative estimate of drug-likeness (QED) is 0.424. The van der Waals surface area contributed by atoms with Gasteiger partial charge in [0.05, 0.1) is 17.6 Å². The highest BCUT2D eigenvalue weighted by Crippen LogP contribution is 2.22. The summed E-state index contributed by atoms with van der Waals surface area (Å²) in [5.41, 5.74) is 7.99. The molecule has 0 saturated carbocycles. The van der Waals surface area contributed by atoms with E-state index in [4.69, 9.17) is 21.1 Å². The number of benzene rings is 1. The van der Waals surface area contributed by atoms with Crippen LogP contribution in [0, 0.1) is 0 Å². The Balaban J connectivity index is 0.000000284. The normalized spacial score (nSPS) is 9.74. The molecule has 1 aromatic heterocycles. The number of aromatic nitrogens is 1. The number of hydrogen-bond acceptors (Lipinski definition) is 6. The lowest BCUT2D eigenvalue weighted by Gasteiger charge is -2.07. The van der Waals surface area contributed by atoms with Gasteiger partial charge in [0.25, 0.3) is 0 Å². The Labute approximate surface area is 131 Å². The maximum atomic E-state index is 9.55. The molecule has 0 saturated heterocycles. The number of phenolic OH excluding ortho intramolecular Hbond substituents is 1. The van der Waals surface area contributed by atoms with Crippen molar-refractivity contribution in [2.45, 2.75) is 0 Å². The van der Waals surface area contributed by atoms with Gasteiger partial charge in [0.15, 0.2) is 0 Å². The molecular formula is C15H15N3O5. The van der Waals surface area contributed by atoms with E-state index in [1.54, 1.807) is 42.7 Å². The molecule has 0 aliphatic heterocycles. The molecule has 0 atom stereocenters. The number of hydrogen-bond donors (Lipinski definition) is 5. The first-order valence-corrected chi connectivity index (χ1v) is 6.28. The van der Waals surface area contributed by atoms with Crippen LogP contribution >= 0.6 is 0 Å². The van der Waals surface area contributed by atoms with E-state index in [2.05, 4.69) is 10.3 Å².